The van der Waals surface area contributed by atoms with Gasteiger partial charge in [-0.1, -0.05) is 12.1 Å². The van der Waals surface area contributed by atoms with Crippen molar-refractivity contribution in [2.45, 2.75) is 6.92 Å². The molecule has 0 aliphatic carbocycles. The quantitative estimate of drug-likeness (QED) is 0.502. The molecule has 0 atom stereocenters. The van der Waals surface area contributed by atoms with Gasteiger partial charge in [-0.15, -0.1) is 0 Å². The maximum atomic E-state index is 12.2. The number of nitro groups is 1. The molecule has 8 heteroatoms. The zero-order valence-electron chi connectivity index (χ0n) is 13.0. The van der Waals surface area contributed by atoms with Crippen molar-refractivity contribution >= 4 is 34.6 Å². The van der Waals surface area contributed by atoms with Gasteiger partial charge < -0.3 is 10.1 Å². The summed E-state index contributed by atoms with van der Waals surface area (Å²) in [5, 5.41) is 16.3. The van der Waals surface area contributed by atoms with E-state index < -0.39 is 10.8 Å². The first kappa shape index (κ1) is 17.4. The van der Waals surface area contributed by atoms with Gasteiger partial charge in [-0.05, 0) is 43.4 Å². The average molecular weight is 345 g/mol. The van der Waals surface area contributed by atoms with Gasteiger partial charge in [0.05, 0.1) is 17.7 Å². The van der Waals surface area contributed by atoms with E-state index in [-0.39, 0.29) is 16.4 Å². The second kappa shape index (κ2) is 7.51. The molecule has 124 valence electrons. The SMILES string of the molecule is COc1ccccc1NC(=S)NC(=O)c1ccc([N+](=O)[O-])c(C)c1. The number of aryl methyl sites for hydroxylation is 1. The number of hydrogen-bond acceptors (Lipinski definition) is 5. The number of ether oxygens (including phenoxy) is 1. The van der Waals surface area contributed by atoms with Crippen LogP contribution in [0.1, 0.15) is 15.9 Å². The fourth-order valence-corrected chi connectivity index (χ4v) is 2.28. The molecule has 0 heterocycles. The van der Waals surface area contributed by atoms with Crippen molar-refractivity contribution in [3.8, 4) is 5.75 Å². The first-order valence-corrected chi connectivity index (χ1v) is 7.33. The van der Waals surface area contributed by atoms with Gasteiger partial charge in [0.25, 0.3) is 11.6 Å². The molecule has 2 aromatic rings. The minimum Gasteiger partial charge on any atom is -0.495 e. The number of nitro benzene ring substituents is 1. The molecule has 0 radical (unpaired) electrons. The van der Waals surface area contributed by atoms with Crippen LogP contribution in [0.4, 0.5) is 11.4 Å². The summed E-state index contributed by atoms with van der Waals surface area (Å²) in [5.74, 6) is 0.126. The van der Waals surface area contributed by atoms with Gasteiger partial charge in [-0.25, -0.2) is 0 Å². The maximum absolute atomic E-state index is 12.2. The van der Waals surface area contributed by atoms with Gasteiger partial charge in [-0.3, -0.25) is 20.2 Å². The van der Waals surface area contributed by atoms with E-state index in [2.05, 4.69) is 10.6 Å². The van der Waals surface area contributed by atoms with Crippen molar-refractivity contribution in [2.24, 2.45) is 0 Å². The lowest BCUT2D eigenvalue weighted by Crippen LogP contribution is -2.34. The van der Waals surface area contributed by atoms with Crippen LogP contribution < -0.4 is 15.4 Å². The van der Waals surface area contributed by atoms with Crippen LogP contribution in [0.3, 0.4) is 0 Å². The highest BCUT2D eigenvalue weighted by Crippen LogP contribution is 2.23. The van der Waals surface area contributed by atoms with Crippen LogP contribution >= 0.6 is 12.2 Å². The molecule has 2 rings (SSSR count). The summed E-state index contributed by atoms with van der Waals surface area (Å²) in [6.45, 7) is 1.57. The van der Waals surface area contributed by atoms with Crippen molar-refractivity contribution < 1.29 is 14.5 Å². The van der Waals surface area contributed by atoms with E-state index in [1.165, 1.54) is 25.3 Å². The molecule has 0 aliphatic heterocycles. The minimum atomic E-state index is -0.495. The molecular weight excluding hydrogens is 330 g/mol. The topological polar surface area (TPSA) is 93.5 Å². The Morgan fingerprint density at radius 2 is 1.96 bits per heavy atom. The molecule has 0 bridgehead atoms. The Balaban J connectivity index is 2.08. The molecule has 0 aromatic heterocycles. The summed E-state index contributed by atoms with van der Waals surface area (Å²) in [6, 6.07) is 11.2. The van der Waals surface area contributed by atoms with Gasteiger partial charge in [0.1, 0.15) is 5.75 Å². The Hall–Kier alpha value is -3.00. The normalized spacial score (nSPS) is 9.92. The highest BCUT2D eigenvalue weighted by molar-refractivity contribution is 7.80. The van der Waals surface area contributed by atoms with Gasteiger partial charge >= 0.3 is 0 Å². The molecular formula is C16H15N3O4S. The molecule has 0 saturated carbocycles. The lowest BCUT2D eigenvalue weighted by Gasteiger charge is -2.12. The monoisotopic (exact) mass is 345 g/mol. The highest BCUT2D eigenvalue weighted by atomic mass is 32.1. The van der Waals surface area contributed by atoms with E-state index in [1.54, 1.807) is 25.1 Å². The molecule has 0 unspecified atom stereocenters. The number of para-hydroxylation sites is 2. The number of rotatable bonds is 4. The van der Waals surface area contributed by atoms with E-state index in [0.29, 0.717) is 17.0 Å². The second-order valence-corrected chi connectivity index (χ2v) is 5.28. The first-order valence-electron chi connectivity index (χ1n) is 6.92. The molecule has 24 heavy (non-hydrogen) atoms. The fourth-order valence-electron chi connectivity index (χ4n) is 2.08. The number of amides is 1. The Bertz CT molecular complexity index is 808. The zero-order valence-corrected chi connectivity index (χ0v) is 13.8. The summed E-state index contributed by atoms with van der Waals surface area (Å²) < 4.78 is 5.19. The smallest absolute Gasteiger partial charge is 0.272 e. The van der Waals surface area contributed by atoms with Crippen LogP contribution in [-0.4, -0.2) is 23.1 Å². The molecule has 0 aliphatic rings. The molecule has 0 spiro atoms. The number of nitrogens with zero attached hydrogens (tertiary/aromatic N) is 1. The maximum Gasteiger partial charge on any atom is 0.272 e. The van der Waals surface area contributed by atoms with Crippen molar-refractivity contribution in [2.75, 3.05) is 12.4 Å². The molecule has 1 amide bonds. The summed E-state index contributed by atoms with van der Waals surface area (Å²) in [6.07, 6.45) is 0. The van der Waals surface area contributed by atoms with Crippen molar-refractivity contribution in [3.05, 3.63) is 63.7 Å². The number of thiocarbonyl (C=S) groups is 1. The number of methoxy groups -OCH3 is 1. The third-order valence-electron chi connectivity index (χ3n) is 3.24. The molecule has 2 N–H and O–H groups in total. The number of carbonyl (C=O) groups is 1. The third kappa shape index (κ3) is 4.05. The van der Waals surface area contributed by atoms with Gasteiger partial charge in [-0.2, -0.15) is 0 Å². The largest absolute Gasteiger partial charge is 0.495 e. The molecule has 2 aromatic carbocycles. The average Bonchev–Trinajstić information content (AvgIpc) is 2.54. The molecule has 0 saturated heterocycles. The Kier molecular flexibility index (Phi) is 5.43. The summed E-state index contributed by atoms with van der Waals surface area (Å²) >= 11 is 5.11. The van der Waals surface area contributed by atoms with Crippen molar-refractivity contribution in [3.63, 3.8) is 0 Å². The first-order chi connectivity index (χ1) is 11.4. The number of nitrogens with one attached hydrogen (secondary N) is 2. The Labute approximate surface area is 143 Å². The van der Waals surface area contributed by atoms with E-state index in [1.807, 2.05) is 6.07 Å². The molecule has 0 fully saturated rings. The number of carbonyl (C=O) groups excluding carboxylic acids is 1. The third-order valence-corrected chi connectivity index (χ3v) is 3.44. The number of anilines is 1. The second-order valence-electron chi connectivity index (χ2n) is 4.87. The lowest BCUT2D eigenvalue weighted by molar-refractivity contribution is -0.385. The fraction of sp³-hybridized carbons (Fsp3) is 0.125. The summed E-state index contributed by atoms with van der Waals surface area (Å²) in [7, 11) is 1.53. The van der Waals surface area contributed by atoms with Gasteiger partial charge in [0.2, 0.25) is 0 Å². The van der Waals surface area contributed by atoms with Crippen LogP contribution in [0, 0.1) is 17.0 Å². The summed E-state index contributed by atoms with van der Waals surface area (Å²) in [4.78, 5) is 22.5. The van der Waals surface area contributed by atoms with E-state index >= 15 is 0 Å². The van der Waals surface area contributed by atoms with Crippen LogP contribution in [0.2, 0.25) is 0 Å². The van der Waals surface area contributed by atoms with Gasteiger partial charge in [0.15, 0.2) is 5.11 Å². The van der Waals surface area contributed by atoms with Crippen molar-refractivity contribution in [1.82, 2.24) is 5.32 Å². The standard InChI is InChI=1S/C16H15N3O4S/c1-10-9-11(7-8-13(10)19(21)22)15(20)18-16(24)17-12-5-3-4-6-14(12)23-2/h3-9H,1-2H3,(H2,17,18,20,24). The Morgan fingerprint density at radius 3 is 2.58 bits per heavy atom. The molecule has 7 nitrogen and oxygen atoms in total. The predicted octanol–water partition coefficient (Wildman–Crippen LogP) is 3.04. The van der Waals surface area contributed by atoms with Crippen LogP contribution in [-0.2, 0) is 0 Å². The minimum absolute atomic E-state index is 0.0405. The predicted molar refractivity (Wildman–Crippen MR) is 94.5 cm³/mol. The Morgan fingerprint density at radius 1 is 1.25 bits per heavy atom. The van der Waals surface area contributed by atoms with Crippen molar-refractivity contribution in [1.29, 1.82) is 0 Å². The van der Waals surface area contributed by atoms with E-state index in [0.717, 1.165) is 0 Å². The zero-order chi connectivity index (χ0) is 17.7. The summed E-state index contributed by atoms with van der Waals surface area (Å²) in [5.41, 5.74) is 1.25. The lowest BCUT2D eigenvalue weighted by atomic mass is 10.1. The number of hydrogen-bond donors (Lipinski definition) is 2. The van der Waals surface area contributed by atoms with E-state index in [4.69, 9.17) is 17.0 Å². The van der Waals surface area contributed by atoms with Crippen LogP contribution in [0.25, 0.3) is 0 Å². The van der Waals surface area contributed by atoms with Crippen LogP contribution in [0.15, 0.2) is 42.5 Å². The van der Waals surface area contributed by atoms with Gasteiger partial charge in [0, 0.05) is 17.2 Å². The van der Waals surface area contributed by atoms with Crippen LogP contribution in [0.5, 0.6) is 5.75 Å². The number of benzene rings is 2. The highest BCUT2D eigenvalue weighted by Gasteiger charge is 2.15. The van der Waals surface area contributed by atoms with E-state index in [9.17, 15) is 14.9 Å².